The maximum Gasteiger partial charge on any atom is 0 e. The Morgan fingerprint density at radius 2 is 1.72 bits per heavy atom. The third kappa shape index (κ3) is 7.70. The first-order valence-electron chi connectivity index (χ1n) is 16.4. The van der Waals surface area contributed by atoms with Crippen LogP contribution in [0.5, 0.6) is 0 Å². The molecule has 1 aliphatic rings. The molecule has 6 aromatic rings. The Labute approximate surface area is 290 Å². The zero-order chi connectivity index (χ0) is 32.5. The number of nitrogens with zero attached hydrogens (tertiary/aromatic N) is 2. The molecule has 1 radical (unpaired) electrons. The fourth-order valence-electron chi connectivity index (χ4n) is 6.34. The molecule has 3 aromatic heterocycles. The van der Waals surface area contributed by atoms with Gasteiger partial charge in [-0.1, -0.05) is 48.8 Å². The molecule has 1 saturated carbocycles. The van der Waals surface area contributed by atoms with E-state index in [1.54, 1.807) is 18.2 Å². The van der Waals surface area contributed by atoms with Gasteiger partial charge in [0.1, 0.15) is 11.4 Å². The zero-order valence-electron chi connectivity index (χ0n) is 28.2. The summed E-state index contributed by atoms with van der Waals surface area (Å²) in [7, 11) is 0. The summed E-state index contributed by atoms with van der Waals surface area (Å²) in [6.45, 7) is 3.91. The van der Waals surface area contributed by atoms with Gasteiger partial charge in [-0.3, -0.25) is 0 Å². The van der Waals surface area contributed by atoms with Gasteiger partial charge in [0, 0.05) is 31.7 Å². The summed E-state index contributed by atoms with van der Waals surface area (Å²) in [6.07, 6.45) is 10.3. The molecule has 6 heteroatoms. The summed E-state index contributed by atoms with van der Waals surface area (Å²) in [6, 6.07) is 29.3. The fourth-order valence-corrected chi connectivity index (χ4v) is 9.66. The van der Waals surface area contributed by atoms with E-state index >= 15 is 0 Å². The van der Waals surface area contributed by atoms with Crippen LogP contribution in [0.2, 0.25) is 17.3 Å². The minimum Gasteiger partial charge on any atom is 0 e. The van der Waals surface area contributed by atoms with Gasteiger partial charge in [-0.15, -0.1) is 23.8 Å². The minimum atomic E-state index is -2.03. The number of furan rings is 1. The van der Waals surface area contributed by atoms with E-state index in [9.17, 15) is 4.39 Å². The molecule has 0 aliphatic heterocycles. The van der Waals surface area contributed by atoms with Gasteiger partial charge in [0.15, 0.2) is 0 Å². The molecule has 0 amide bonds. The third-order valence-electron chi connectivity index (χ3n) is 8.71. The molecule has 46 heavy (non-hydrogen) atoms. The number of hydrogen-bond donors (Lipinski definition) is 0. The molecule has 0 bridgehead atoms. The minimum absolute atomic E-state index is 0. The number of rotatable bonds is 6. The van der Waals surface area contributed by atoms with E-state index in [2.05, 4.69) is 57.6 Å². The molecule has 7 rings (SSSR count). The SMILES string of the molecule is Fc1cccc2oc3c[c-]c(-c4cc(CC5CCCC5)ccn4)cc3c12.[2H]C(C)(C)c1cc(-c2[c-]cccc2)nc[c]1[Ge]([CH3])([CH3])[CH3].[Ir]. The van der Waals surface area contributed by atoms with Crippen molar-refractivity contribution in [1.29, 1.82) is 0 Å². The van der Waals surface area contributed by atoms with E-state index in [0.29, 0.717) is 16.6 Å². The second-order valence-electron chi connectivity index (χ2n) is 13.4. The van der Waals surface area contributed by atoms with Crippen LogP contribution in [0.4, 0.5) is 4.39 Å². The van der Waals surface area contributed by atoms with Gasteiger partial charge >= 0.3 is 120 Å². The second-order valence-corrected chi connectivity index (χ2v) is 24.0. The first kappa shape index (κ1) is 32.8. The Balaban J connectivity index is 0.000000188. The van der Waals surface area contributed by atoms with E-state index in [1.807, 2.05) is 56.6 Å². The van der Waals surface area contributed by atoms with Crippen LogP contribution < -0.4 is 4.40 Å². The Bertz CT molecular complexity index is 1970. The van der Waals surface area contributed by atoms with Crippen LogP contribution in [-0.4, -0.2) is 23.2 Å². The summed E-state index contributed by atoms with van der Waals surface area (Å²) in [5, 5.41) is 1.30. The second kappa shape index (κ2) is 14.8. The number of benzene rings is 3. The van der Waals surface area contributed by atoms with Crippen LogP contribution in [0.15, 0.2) is 89.6 Å². The average molecular weight is 851 g/mol. The Morgan fingerprint density at radius 1 is 0.935 bits per heavy atom. The molecule has 0 N–H and O–H groups in total. The van der Waals surface area contributed by atoms with E-state index < -0.39 is 19.2 Å². The van der Waals surface area contributed by atoms with Crippen LogP contribution in [0.25, 0.3) is 44.5 Å². The van der Waals surface area contributed by atoms with Crippen LogP contribution >= 0.6 is 0 Å². The van der Waals surface area contributed by atoms with Crippen LogP contribution in [0.3, 0.4) is 0 Å². The zero-order valence-corrected chi connectivity index (χ0v) is 31.7. The van der Waals surface area contributed by atoms with Gasteiger partial charge in [-0.25, -0.2) is 4.39 Å². The molecule has 0 saturated heterocycles. The van der Waals surface area contributed by atoms with Crippen molar-refractivity contribution in [2.75, 3.05) is 0 Å². The number of hydrogen-bond acceptors (Lipinski definition) is 3. The van der Waals surface area contributed by atoms with Crippen molar-refractivity contribution in [3.63, 3.8) is 0 Å². The number of halogens is 1. The fraction of sp³-hybridized carbons (Fsp3) is 0.300. The summed E-state index contributed by atoms with van der Waals surface area (Å²) in [5.74, 6) is 6.98. The smallest absolute Gasteiger partial charge is 0 e. The van der Waals surface area contributed by atoms with Crippen molar-refractivity contribution in [2.24, 2.45) is 5.92 Å². The summed E-state index contributed by atoms with van der Waals surface area (Å²) in [5.41, 5.74) is 7.31. The normalized spacial score (nSPS) is 14.1. The van der Waals surface area contributed by atoms with Crippen molar-refractivity contribution in [2.45, 2.75) is 69.1 Å². The van der Waals surface area contributed by atoms with Gasteiger partial charge in [0.2, 0.25) is 0 Å². The molecule has 239 valence electrons. The molecule has 0 unspecified atom stereocenters. The Hall–Kier alpha value is -3.12. The number of fused-ring (bicyclic) bond motifs is 3. The van der Waals surface area contributed by atoms with Crippen molar-refractivity contribution >= 4 is 39.6 Å². The van der Waals surface area contributed by atoms with Gasteiger partial charge in [-0.2, -0.15) is 0 Å². The summed E-state index contributed by atoms with van der Waals surface area (Å²) < 4.78 is 29.8. The molecule has 3 aromatic carbocycles. The molecule has 1 fully saturated rings. The van der Waals surface area contributed by atoms with E-state index in [0.717, 1.165) is 45.8 Å². The molecule has 0 spiro atoms. The topological polar surface area (TPSA) is 38.9 Å². The molecular weight excluding hydrogens is 808 g/mol. The molecule has 1 aliphatic carbocycles. The molecule has 0 atom stereocenters. The molecule has 3 nitrogen and oxygen atoms in total. The molecule has 3 heterocycles. The maximum atomic E-state index is 14.3. The van der Waals surface area contributed by atoms with Crippen molar-refractivity contribution < 1.29 is 30.3 Å². The average Bonchev–Trinajstić information content (AvgIpc) is 3.69. The first-order chi connectivity index (χ1) is 22.0. The number of aromatic nitrogens is 2. The standard InChI is InChI=1S/C23H19FNO.C17H22GeN.Ir/c24-19-6-3-7-22-23(19)18-14-17(8-9-21(18)26-22)20-13-16(10-11-25-20)12-15-4-1-2-5-15;1-13(2)15-11-17(14-9-7-6-8-10-14)19-12-16(15)18(3,4)5;/h3,6-7,9-11,13-15H,1-2,4-5,12H2;6-9,11-13H,1-5H3;/q2*-1;/i;13D;. The summed E-state index contributed by atoms with van der Waals surface area (Å²) in [4.78, 5) is 9.14. The van der Waals surface area contributed by atoms with Gasteiger partial charge in [0.05, 0.1) is 5.58 Å². The van der Waals surface area contributed by atoms with Crippen molar-refractivity contribution in [3.05, 3.63) is 114 Å². The largest absolute Gasteiger partial charge is 0 e. The summed E-state index contributed by atoms with van der Waals surface area (Å²) >= 11 is -2.03. The predicted octanol–water partition coefficient (Wildman–Crippen LogP) is 10.5. The van der Waals surface area contributed by atoms with Gasteiger partial charge in [-0.05, 0) is 36.2 Å². The van der Waals surface area contributed by atoms with Crippen LogP contribution in [0, 0.1) is 23.9 Å². The Morgan fingerprint density at radius 3 is 2.43 bits per heavy atom. The van der Waals surface area contributed by atoms with Gasteiger partial charge < -0.3 is 9.40 Å². The monoisotopic (exact) mass is 852 g/mol. The van der Waals surface area contributed by atoms with Gasteiger partial charge in [0.25, 0.3) is 0 Å². The Kier molecular flexibility index (Phi) is 10.5. The van der Waals surface area contributed by atoms with E-state index in [4.69, 9.17) is 5.79 Å². The number of pyridine rings is 2. The van der Waals surface area contributed by atoms with E-state index in [-0.39, 0.29) is 25.9 Å². The molecular formula is C40H41FGeIrN2O-2. The first-order valence-corrected chi connectivity index (χ1v) is 23.3. The van der Waals surface area contributed by atoms with Crippen LogP contribution in [-0.2, 0) is 26.5 Å². The van der Waals surface area contributed by atoms with Crippen LogP contribution in [0.1, 0.15) is 57.9 Å². The van der Waals surface area contributed by atoms with Crippen molar-refractivity contribution in [3.8, 4) is 22.5 Å². The maximum absolute atomic E-state index is 14.3. The predicted molar refractivity (Wildman–Crippen MR) is 187 cm³/mol. The third-order valence-corrected chi connectivity index (χ3v) is 12.9. The quantitative estimate of drug-likeness (QED) is 0.124. The van der Waals surface area contributed by atoms with E-state index in [1.165, 1.54) is 41.7 Å². The van der Waals surface area contributed by atoms with Crippen molar-refractivity contribution in [1.82, 2.24) is 9.97 Å².